The predicted octanol–water partition coefficient (Wildman–Crippen LogP) is 2.86. The molecule has 0 radical (unpaired) electrons. The van der Waals surface area contributed by atoms with Crippen LogP contribution in [-0.4, -0.2) is 31.3 Å². The molecule has 0 bridgehead atoms. The summed E-state index contributed by atoms with van der Waals surface area (Å²) in [7, 11) is 0. The Kier molecular flexibility index (Phi) is 5.31. The maximum absolute atomic E-state index is 12.5. The summed E-state index contributed by atoms with van der Waals surface area (Å²) in [5.41, 5.74) is 0.937. The Balaban J connectivity index is 1.75. The van der Waals surface area contributed by atoms with E-state index in [9.17, 15) is 14.4 Å². The van der Waals surface area contributed by atoms with Crippen LogP contribution in [0.4, 0.5) is 5.69 Å². The fraction of sp³-hybridized carbons (Fsp3) is 0.250. The molecule has 2 aromatic carbocycles. The van der Waals surface area contributed by atoms with Gasteiger partial charge in [-0.05, 0) is 31.2 Å². The van der Waals surface area contributed by atoms with Crippen LogP contribution >= 0.6 is 0 Å². The molecule has 1 saturated heterocycles. The molecule has 6 heteroatoms. The van der Waals surface area contributed by atoms with Crippen LogP contribution < -0.4 is 14.4 Å². The van der Waals surface area contributed by atoms with E-state index in [1.165, 1.54) is 0 Å². The van der Waals surface area contributed by atoms with Crippen molar-refractivity contribution >= 4 is 23.9 Å². The lowest BCUT2D eigenvalue weighted by atomic mass is 10.1. The third-order valence-corrected chi connectivity index (χ3v) is 4.17. The highest BCUT2D eigenvalue weighted by Gasteiger charge is 2.37. The predicted molar refractivity (Wildman–Crippen MR) is 95.5 cm³/mol. The quantitative estimate of drug-likeness (QED) is 0.454. The average Bonchev–Trinajstić information content (AvgIpc) is 3.04. The first-order valence-electron chi connectivity index (χ1n) is 8.42. The topological polar surface area (TPSA) is 72.9 Å². The van der Waals surface area contributed by atoms with E-state index in [1.54, 1.807) is 41.3 Å². The molecule has 1 heterocycles. The molecule has 3 rings (SSSR count). The van der Waals surface area contributed by atoms with Crippen molar-refractivity contribution in [2.75, 3.05) is 18.1 Å². The van der Waals surface area contributed by atoms with Crippen LogP contribution in [0.15, 0.2) is 48.5 Å². The molecule has 6 nitrogen and oxygen atoms in total. The van der Waals surface area contributed by atoms with Gasteiger partial charge in [0.05, 0.1) is 23.8 Å². The van der Waals surface area contributed by atoms with Gasteiger partial charge in [-0.15, -0.1) is 0 Å². The summed E-state index contributed by atoms with van der Waals surface area (Å²) in [5, 5.41) is 0. The van der Waals surface area contributed by atoms with Gasteiger partial charge in [-0.2, -0.15) is 0 Å². The number of amides is 1. The first-order chi connectivity index (χ1) is 12.6. The highest BCUT2D eigenvalue weighted by molar-refractivity contribution is 6.01. The molecule has 0 aromatic heterocycles. The number of benzene rings is 2. The van der Waals surface area contributed by atoms with Crippen LogP contribution in [-0.2, 0) is 9.59 Å². The van der Waals surface area contributed by atoms with Crippen LogP contribution in [0, 0.1) is 5.92 Å². The van der Waals surface area contributed by atoms with E-state index in [2.05, 4.69) is 0 Å². The molecule has 0 N–H and O–H groups in total. The van der Waals surface area contributed by atoms with Crippen molar-refractivity contribution in [1.29, 1.82) is 0 Å². The number of carbonyl (C=O) groups is 3. The van der Waals surface area contributed by atoms with Crippen molar-refractivity contribution < 1.29 is 23.9 Å². The number of hydrogen-bond acceptors (Lipinski definition) is 5. The fourth-order valence-electron chi connectivity index (χ4n) is 2.92. The summed E-state index contributed by atoms with van der Waals surface area (Å²) in [6, 6.07) is 13.7. The minimum atomic E-state index is -0.600. The number of aldehydes is 1. The largest absolute Gasteiger partial charge is 0.492 e. The molecule has 1 aliphatic rings. The first-order valence-corrected chi connectivity index (χ1v) is 8.42. The lowest BCUT2D eigenvalue weighted by Gasteiger charge is -2.20. The molecule has 134 valence electrons. The number of esters is 1. The van der Waals surface area contributed by atoms with Crippen LogP contribution in [0.1, 0.15) is 23.7 Å². The van der Waals surface area contributed by atoms with Crippen molar-refractivity contribution in [3.63, 3.8) is 0 Å². The van der Waals surface area contributed by atoms with Gasteiger partial charge in [0, 0.05) is 13.0 Å². The van der Waals surface area contributed by atoms with Crippen molar-refractivity contribution in [3.05, 3.63) is 54.1 Å². The van der Waals surface area contributed by atoms with E-state index in [-0.39, 0.29) is 24.6 Å². The van der Waals surface area contributed by atoms with E-state index in [0.717, 1.165) is 0 Å². The summed E-state index contributed by atoms with van der Waals surface area (Å²) in [4.78, 5) is 37.5. The van der Waals surface area contributed by atoms with Gasteiger partial charge in [-0.25, -0.2) is 0 Å². The number of para-hydroxylation sites is 3. The van der Waals surface area contributed by atoms with Gasteiger partial charge in [-0.1, -0.05) is 24.3 Å². The van der Waals surface area contributed by atoms with Gasteiger partial charge < -0.3 is 14.4 Å². The second-order valence-corrected chi connectivity index (χ2v) is 5.88. The second-order valence-electron chi connectivity index (χ2n) is 5.88. The number of rotatable bonds is 6. The van der Waals surface area contributed by atoms with Crippen molar-refractivity contribution in [1.82, 2.24) is 0 Å². The van der Waals surface area contributed by atoms with Gasteiger partial charge in [-0.3, -0.25) is 14.4 Å². The lowest BCUT2D eigenvalue weighted by molar-refractivity contribution is -0.139. The smallest absolute Gasteiger partial charge is 0.316 e. The molecule has 26 heavy (non-hydrogen) atoms. The summed E-state index contributed by atoms with van der Waals surface area (Å²) >= 11 is 0. The minimum absolute atomic E-state index is 0.0581. The second kappa shape index (κ2) is 7.82. The first kappa shape index (κ1) is 17.7. The zero-order valence-corrected chi connectivity index (χ0v) is 14.4. The van der Waals surface area contributed by atoms with Crippen LogP contribution in [0.2, 0.25) is 0 Å². The Hall–Kier alpha value is -3.15. The summed E-state index contributed by atoms with van der Waals surface area (Å²) in [6.45, 7) is 2.56. The number of anilines is 1. The molecular formula is C20H19NO5. The molecule has 2 aromatic rings. The van der Waals surface area contributed by atoms with Crippen molar-refractivity contribution in [3.8, 4) is 11.5 Å². The number of ether oxygens (including phenoxy) is 2. The maximum Gasteiger partial charge on any atom is 0.316 e. The Morgan fingerprint density at radius 3 is 2.58 bits per heavy atom. The summed E-state index contributed by atoms with van der Waals surface area (Å²) < 4.78 is 10.9. The molecule has 1 aliphatic heterocycles. The minimum Gasteiger partial charge on any atom is -0.492 e. The number of carbonyl (C=O) groups excluding carboxylic acids is 3. The van der Waals surface area contributed by atoms with Crippen LogP contribution in [0.3, 0.4) is 0 Å². The molecule has 1 atom stereocenters. The Morgan fingerprint density at radius 2 is 1.85 bits per heavy atom. The molecule has 1 fully saturated rings. The lowest BCUT2D eigenvalue weighted by Crippen LogP contribution is -2.27. The molecule has 1 amide bonds. The van der Waals surface area contributed by atoms with Gasteiger partial charge in [0.15, 0.2) is 6.29 Å². The van der Waals surface area contributed by atoms with Crippen LogP contribution in [0.25, 0.3) is 0 Å². The van der Waals surface area contributed by atoms with Crippen molar-refractivity contribution in [2.45, 2.75) is 13.3 Å². The van der Waals surface area contributed by atoms with Gasteiger partial charge >= 0.3 is 5.97 Å². The summed E-state index contributed by atoms with van der Waals surface area (Å²) in [6.07, 6.45) is 0.690. The Labute approximate surface area is 151 Å². The molecule has 0 spiro atoms. The van der Waals surface area contributed by atoms with Gasteiger partial charge in [0.1, 0.15) is 11.5 Å². The zero-order chi connectivity index (χ0) is 18.5. The maximum atomic E-state index is 12.5. The fourth-order valence-corrected chi connectivity index (χ4v) is 2.92. The normalized spacial score (nSPS) is 16.4. The average molecular weight is 353 g/mol. The van der Waals surface area contributed by atoms with E-state index in [1.807, 2.05) is 19.1 Å². The molecule has 0 aliphatic carbocycles. The molecule has 0 unspecified atom stereocenters. The van der Waals surface area contributed by atoms with Crippen LogP contribution in [0.5, 0.6) is 11.5 Å². The van der Waals surface area contributed by atoms with E-state index < -0.39 is 11.9 Å². The number of hydrogen-bond donors (Lipinski definition) is 0. The van der Waals surface area contributed by atoms with E-state index in [4.69, 9.17) is 9.47 Å². The van der Waals surface area contributed by atoms with Crippen molar-refractivity contribution in [2.24, 2.45) is 5.92 Å². The molecule has 0 saturated carbocycles. The summed E-state index contributed by atoms with van der Waals surface area (Å²) in [5.74, 6) is -0.486. The monoisotopic (exact) mass is 353 g/mol. The van der Waals surface area contributed by atoms with Gasteiger partial charge in [0.2, 0.25) is 5.91 Å². The third-order valence-electron chi connectivity index (χ3n) is 4.17. The Bertz CT molecular complexity index is 832. The molecular weight excluding hydrogens is 334 g/mol. The highest BCUT2D eigenvalue weighted by atomic mass is 16.5. The Morgan fingerprint density at radius 1 is 1.15 bits per heavy atom. The highest BCUT2D eigenvalue weighted by Crippen LogP contribution is 2.33. The van der Waals surface area contributed by atoms with E-state index in [0.29, 0.717) is 29.9 Å². The SMILES string of the molecule is CCOc1ccccc1N1C[C@@H](C(=O)Oc2ccccc2C=O)CC1=O. The standard InChI is InChI=1S/C20H19NO5/c1-2-25-18-10-6-4-8-16(18)21-12-15(11-19(21)23)20(24)26-17-9-5-3-7-14(17)13-22/h3-10,13,15H,2,11-12H2,1H3/t15-/m0/s1. The number of nitrogens with zero attached hydrogens (tertiary/aromatic N) is 1. The van der Waals surface area contributed by atoms with E-state index >= 15 is 0 Å². The zero-order valence-electron chi connectivity index (χ0n) is 14.4. The van der Waals surface area contributed by atoms with Gasteiger partial charge in [0.25, 0.3) is 0 Å². The third kappa shape index (κ3) is 3.59.